The lowest BCUT2D eigenvalue weighted by Crippen LogP contribution is -1.91. The molecule has 1 heterocycles. The fourth-order valence-corrected chi connectivity index (χ4v) is 1.82. The Bertz CT molecular complexity index is 556. The number of benzene rings is 1. The van der Waals surface area contributed by atoms with Crippen molar-refractivity contribution in [2.24, 2.45) is 0 Å². The van der Waals surface area contributed by atoms with Gasteiger partial charge in [-0.1, -0.05) is 36.9 Å². The predicted molar refractivity (Wildman–Crippen MR) is 71.2 cm³/mol. The summed E-state index contributed by atoms with van der Waals surface area (Å²) < 4.78 is 2.16. The van der Waals surface area contributed by atoms with Crippen LogP contribution < -0.4 is 0 Å². The first-order chi connectivity index (χ1) is 7.86. The Balaban J connectivity index is 2.61. The van der Waals surface area contributed by atoms with Gasteiger partial charge < -0.3 is 4.57 Å². The highest BCUT2D eigenvalue weighted by Gasteiger charge is 2.01. The highest BCUT2D eigenvalue weighted by molar-refractivity contribution is 5.84. The van der Waals surface area contributed by atoms with Gasteiger partial charge in [-0.05, 0) is 36.6 Å². The van der Waals surface area contributed by atoms with E-state index in [2.05, 4.69) is 53.8 Å². The number of hydrogen-bond donors (Lipinski definition) is 0. The molecule has 2 aromatic rings. The second-order valence-electron chi connectivity index (χ2n) is 3.57. The van der Waals surface area contributed by atoms with Crippen LogP contribution in [0, 0.1) is 0 Å². The van der Waals surface area contributed by atoms with Gasteiger partial charge in [-0.2, -0.15) is 0 Å². The smallest absolute Gasteiger partial charge is 0.0528 e. The summed E-state index contributed by atoms with van der Waals surface area (Å²) in [6, 6.07) is 10.5. The van der Waals surface area contributed by atoms with E-state index in [1.165, 1.54) is 10.9 Å². The third kappa shape index (κ3) is 1.84. The van der Waals surface area contributed by atoms with Crippen molar-refractivity contribution in [3.8, 4) is 0 Å². The number of aromatic nitrogens is 1. The van der Waals surface area contributed by atoms with E-state index >= 15 is 0 Å². The molecule has 0 saturated carbocycles. The molecule has 1 heteroatoms. The van der Waals surface area contributed by atoms with Crippen molar-refractivity contribution < 1.29 is 0 Å². The number of fused-ring (bicyclic) bond motifs is 1. The normalized spacial score (nSPS) is 12.4. The van der Waals surface area contributed by atoms with Crippen molar-refractivity contribution >= 4 is 16.6 Å². The minimum atomic E-state index is 1.12. The Morgan fingerprint density at radius 2 is 2.06 bits per heavy atom. The molecule has 0 aliphatic carbocycles. The molecule has 1 aromatic heterocycles. The van der Waals surface area contributed by atoms with E-state index in [0.29, 0.717) is 0 Å². The fraction of sp³-hybridized carbons (Fsp3) is 0.0667. The SMILES string of the molecule is C=C/C=C(\C=C/C)n1ccc2ccccc21. The maximum Gasteiger partial charge on any atom is 0.0528 e. The van der Waals surface area contributed by atoms with Crippen LogP contribution >= 0.6 is 0 Å². The monoisotopic (exact) mass is 209 g/mol. The summed E-state index contributed by atoms with van der Waals surface area (Å²) in [5, 5.41) is 1.25. The standard InChI is InChI=1S/C15H15N/c1-3-7-14(8-4-2)16-12-11-13-9-5-6-10-15(13)16/h3-12H,1H2,2H3/b8-4-,14-7+. The van der Waals surface area contributed by atoms with Gasteiger partial charge in [0.1, 0.15) is 0 Å². The third-order valence-electron chi connectivity index (χ3n) is 2.50. The first-order valence-corrected chi connectivity index (χ1v) is 5.38. The Labute approximate surface area is 96.0 Å². The van der Waals surface area contributed by atoms with Crippen molar-refractivity contribution in [1.29, 1.82) is 0 Å². The van der Waals surface area contributed by atoms with Crippen molar-refractivity contribution in [1.82, 2.24) is 4.57 Å². The van der Waals surface area contributed by atoms with Crippen LogP contribution in [-0.2, 0) is 0 Å². The molecule has 1 nitrogen and oxygen atoms in total. The van der Waals surface area contributed by atoms with Crippen molar-refractivity contribution in [3.63, 3.8) is 0 Å². The summed E-state index contributed by atoms with van der Waals surface area (Å²) in [6.07, 6.45) is 10.0. The van der Waals surface area contributed by atoms with Crippen LogP contribution in [0.2, 0.25) is 0 Å². The Kier molecular flexibility index (Phi) is 3.06. The number of nitrogens with zero attached hydrogens (tertiary/aromatic N) is 1. The van der Waals surface area contributed by atoms with E-state index in [9.17, 15) is 0 Å². The first-order valence-electron chi connectivity index (χ1n) is 5.38. The average Bonchev–Trinajstić information content (AvgIpc) is 2.72. The molecule has 80 valence electrons. The quantitative estimate of drug-likeness (QED) is 0.666. The Hall–Kier alpha value is -2.02. The zero-order valence-corrected chi connectivity index (χ0v) is 9.43. The van der Waals surface area contributed by atoms with E-state index in [1.807, 2.05) is 25.2 Å². The number of para-hydroxylation sites is 1. The van der Waals surface area contributed by atoms with Crippen LogP contribution in [0.1, 0.15) is 6.92 Å². The summed E-state index contributed by atoms with van der Waals surface area (Å²) in [5.41, 5.74) is 2.34. The molecule has 0 aliphatic rings. The van der Waals surface area contributed by atoms with E-state index in [-0.39, 0.29) is 0 Å². The van der Waals surface area contributed by atoms with Gasteiger partial charge in [0.15, 0.2) is 0 Å². The van der Waals surface area contributed by atoms with Crippen LogP contribution in [-0.4, -0.2) is 4.57 Å². The minimum Gasteiger partial charge on any atom is -0.317 e. The summed E-state index contributed by atoms with van der Waals surface area (Å²) in [4.78, 5) is 0. The van der Waals surface area contributed by atoms with Gasteiger partial charge in [0.25, 0.3) is 0 Å². The maximum atomic E-state index is 3.75. The molecule has 0 saturated heterocycles. The zero-order valence-electron chi connectivity index (χ0n) is 9.43. The molecule has 0 spiro atoms. The summed E-state index contributed by atoms with van der Waals surface area (Å²) in [6.45, 7) is 5.77. The maximum absolute atomic E-state index is 3.75. The van der Waals surface area contributed by atoms with Gasteiger partial charge >= 0.3 is 0 Å². The molecule has 2 rings (SSSR count). The lowest BCUT2D eigenvalue weighted by atomic mass is 10.2. The number of rotatable bonds is 3. The molecular weight excluding hydrogens is 194 g/mol. The van der Waals surface area contributed by atoms with Crippen LogP contribution in [0.3, 0.4) is 0 Å². The van der Waals surface area contributed by atoms with Gasteiger partial charge in [0.2, 0.25) is 0 Å². The summed E-state index contributed by atoms with van der Waals surface area (Å²) in [7, 11) is 0. The molecule has 0 radical (unpaired) electrons. The topological polar surface area (TPSA) is 4.93 Å². The zero-order chi connectivity index (χ0) is 11.4. The predicted octanol–water partition coefficient (Wildman–Crippen LogP) is 4.24. The minimum absolute atomic E-state index is 1.12. The Morgan fingerprint density at radius 3 is 2.81 bits per heavy atom. The molecule has 0 bridgehead atoms. The molecule has 0 amide bonds. The van der Waals surface area contributed by atoms with Crippen molar-refractivity contribution in [2.75, 3.05) is 0 Å². The Morgan fingerprint density at radius 1 is 1.25 bits per heavy atom. The van der Waals surface area contributed by atoms with Crippen LogP contribution in [0.25, 0.3) is 16.6 Å². The van der Waals surface area contributed by atoms with Gasteiger partial charge in [-0.15, -0.1) is 0 Å². The molecule has 0 aliphatic heterocycles. The van der Waals surface area contributed by atoms with Gasteiger partial charge in [-0.3, -0.25) is 0 Å². The molecular formula is C15H15N. The van der Waals surface area contributed by atoms with Crippen LogP contribution in [0.15, 0.2) is 67.4 Å². The molecule has 0 fully saturated rings. The van der Waals surface area contributed by atoms with Gasteiger partial charge in [-0.25, -0.2) is 0 Å². The third-order valence-corrected chi connectivity index (χ3v) is 2.50. The van der Waals surface area contributed by atoms with E-state index < -0.39 is 0 Å². The summed E-state index contributed by atoms with van der Waals surface area (Å²) >= 11 is 0. The molecule has 0 unspecified atom stereocenters. The lowest BCUT2D eigenvalue weighted by Gasteiger charge is -2.05. The highest BCUT2D eigenvalue weighted by atomic mass is 15.0. The van der Waals surface area contributed by atoms with Crippen LogP contribution in [0.5, 0.6) is 0 Å². The number of hydrogen-bond acceptors (Lipinski definition) is 0. The molecule has 1 aromatic carbocycles. The van der Waals surface area contributed by atoms with E-state index in [4.69, 9.17) is 0 Å². The lowest BCUT2D eigenvalue weighted by molar-refractivity contribution is 1.18. The number of allylic oxidation sites excluding steroid dienone is 5. The fourth-order valence-electron chi connectivity index (χ4n) is 1.82. The summed E-state index contributed by atoms with van der Waals surface area (Å²) in [5.74, 6) is 0. The van der Waals surface area contributed by atoms with Gasteiger partial charge in [0, 0.05) is 11.9 Å². The second-order valence-corrected chi connectivity index (χ2v) is 3.57. The van der Waals surface area contributed by atoms with Crippen molar-refractivity contribution in [2.45, 2.75) is 6.92 Å². The second kappa shape index (κ2) is 4.67. The largest absolute Gasteiger partial charge is 0.317 e. The van der Waals surface area contributed by atoms with Crippen LogP contribution in [0.4, 0.5) is 0 Å². The highest BCUT2D eigenvalue weighted by Crippen LogP contribution is 2.20. The van der Waals surface area contributed by atoms with E-state index in [0.717, 1.165) is 5.70 Å². The van der Waals surface area contributed by atoms with Gasteiger partial charge in [0.05, 0.1) is 5.52 Å². The van der Waals surface area contributed by atoms with E-state index in [1.54, 1.807) is 0 Å². The molecule has 16 heavy (non-hydrogen) atoms. The molecule has 0 N–H and O–H groups in total. The molecule has 0 atom stereocenters. The first kappa shape index (κ1) is 10.5. The average molecular weight is 209 g/mol. The van der Waals surface area contributed by atoms with Crippen molar-refractivity contribution in [3.05, 3.63) is 67.4 Å².